The van der Waals surface area contributed by atoms with E-state index in [4.69, 9.17) is 9.47 Å². The van der Waals surface area contributed by atoms with Crippen LogP contribution in [0, 0.1) is 23.7 Å². The zero-order valence-electron chi connectivity index (χ0n) is 28.0. The molecule has 3 rings (SSSR count). The molecule has 3 unspecified atom stereocenters. The molecule has 8 nitrogen and oxygen atoms in total. The van der Waals surface area contributed by atoms with Gasteiger partial charge in [-0.3, -0.25) is 9.69 Å². The Labute approximate surface area is 256 Å². The summed E-state index contributed by atoms with van der Waals surface area (Å²) in [6.45, 7) is 17.2. The molecule has 2 aliphatic heterocycles. The second-order valence-electron chi connectivity index (χ2n) is 12.5. The van der Waals surface area contributed by atoms with Gasteiger partial charge in [-0.15, -0.1) is 0 Å². The number of hydrogen-bond acceptors (Lipinski definition) is 6. The molecule has 2 saturated heterocycles. The van der Waals surface area contributed by atoms with E-state index in [1.807, 2.05) is 13.8 Å². The van der Waals surface area contributed by atoms with Gasteiger partial charge in [0.1, 0.15) is 6.29 Å². The Hall–Kier alpha value is -2.35. The highest BCUT2D eigenvalue weighted by Crippen LogP contribution is 2.36. The van der Waals surface area contributed by atoms with Crippen molar-refractivity contribution in [3.05, 3.63) is 23.7 Å². The SMILES string of the molecule is CC(C)CC=O.CCC(CC(C)CCN1CCC(=O)N(C)C1=O)C1C=C2OCOC2=CC1.CCCCN(C)CCCC. The number of fused-ring (bicyclic) bond motifs is 1. The minimum absolute atomic E-state index is 0.0822. The molecule has 0 aromatic heterocycles. The number of urea groups is 1. The van der Waals surface area contributed by atoms with Gasteiger partial charge < -0.3 is 24.1 Å². The maximum absolute atomic E-state index is 12.2. The van der Waals surface area contributed by atoms with Gasteiger partial charge in [0.2, 0.25) is 12.7 Å². The molecule has 3 aliphatic rings. The van der Waals surface area contributed by atoms with Crippen molar-refractivity contribution >= 4 is 18.2 Å². The van der Waals surface area contributed by atoms with Gasteiger partial charge in [0.15, 0.2) is 11.5 Å². The monoisotopic (exact) mass is 591 g/mol. The Morgan fingerprint density at radius 1 is 1.05 bits per heavy atom. The molecule has 3 atom stereocenters. The average molecular weight is 592 g/mol. The summed E-state index contributed by atoms with van der Waals surface area (Å²) < 4.78 is 11.0. The van der Waals surface area contributed by atoms with Gasteiger partial charge >= 0.3 is 6.03 Å². The van der Waals surface area contributed by atoms with E-state index in [0.717, 1.165) is 50.0 Å². The summed E-state index contributed by atoms with van der Waals surface area (Å²) in [6, 6.07) is -0.159. The Bertz CT molecular complexity index is 848. The fraction of sp³-hybridized carbons (Fsp3) is 0.794. The molecule has 0 aromatic rings. The van der Waals surface area contributed by atoms with Crippen LogP contribution in [0.4, 0.5) is 4.79 Å². The molecule has 0 radical (unpaired) electrons. The summed E-state index contributed by atoms with van der Waals surface area (Å²) in [5.74, 6) is 3.86. The molecule has 0 aromatic carbocycles. The summed E-state index contributed by atoms with van der Waals surface area (Å²) in [4.78, 5) is 38.8. The van der Waals surface area contributed by atoms with Crippen LogP contribution in [-0.4, -0.2) is 80.0 Å². The maximum atomic E-state index is 12.2. The Morgan fingerprint density at radius 3 is 2.24 bits per heavy atom. The Kier molecular flexibility index (Phi) is 19.2. The highest BCUT2D eigenvalue weighted by atomic mass is 16.7. The highest BCUT2D eigenvalue weighted by molar-refractivity contribution is 5.96. The first-order chi connectivity index (χ1) is 20.1. The van der Waals surface area contributed by atoms with Crippen molar-refractivity contribution in [2.75, 3.05) is 47.1 Å². The van der Waals surface area contributed by atoms with Crippen molar-refractivity contribution in [3.8, 4) is 0 Å². The Balaban J connectivity index is 0.000000456. The van der Waals surface area contributed by atoms with Gasteiger partial charge in [0, 0.05) is 33.0 Å². The van der Waals surface area contributed by atoms with Crippen molar-refractivity contribution < 1.29 is 23.9 Å². The van der Waals surface area contributed by atoms with Crippen molar-refractivity contribution in [2.45, 2.75) is 106 Å². The van der Waals surface area contributed by atoms with Crippen molar-refractivity contribution in [1.82, 2.24) is 14.7 Å². The molecule has 0 saturated carbocycles. The summed E-state index contributed by atoms with van der Waals surface area (Å²) in [6.07, 6.45) is 16.0. The number of ether oxygens (including phenoxy) is 2. The third kappa shape index (κ3) is 14.2. The van der Waals surface area contributed by atoms with Gasteiger partial charge in [0.25, 0.3) is 0 Å². The molecule has 242 valence electrons. The number of allylic oxidation sites excluding steroid dienone is 2. The van der Waals surface area contributed by atoms with Crippen LogP contribution in [-0.2, 0) is 19.1 Å². The van der Waals surface area contributed by atoms with Crippen LogP contribution < -0.4 is 0 Å². The van der Waals surface area contributed by atoms with E-state index in [-0.39, 0.29) is 11.9 Å². The average Bonchev–Trinajstić information content (AvgIpc) is 3.45. The largest absolute Gasteiger partial charge is 0.454 e. The summed E-state index contributed by atoms with van der Waals surface area (Å²) in [5.41, 5.74) is 0. The normalized spacial score (nSPS) is 19.4. The molecule has 2 fully saturated rings. The summed E-state index contributed by atoms with van der Waals surface area (Å²) in [7, 11) is 3.78. The number of hydrogen-bond donors (Lipinski definition) is 0. The van der Waals surface area contributed by atoms with Crippen molar-refractivity contribution in [1.29, 1.82) is 0 Å². The lowest BCUT2D eigenvalue weighted by Crippen LogP contribution is -2.50. The van der Waals surface area contributed by atoms with Crippen molar-refractivity contribution in [3.63, 3.8) is 0 Å². The van der Waals surface area contributed by atoms with Crippen LogP contribution in [0.15, 0.2) is 23.7 Å². The van der Waals surface area contributed by atoms with Gasteiger partial charge in [-0.2, -0.15) is 0 Å². The molecule has 2 heterocycles. The van der Waals surface area contributed by atoms with E-state index in [1.165, 1.54) is 43.7 Å². The first kappa shape index (κ1) is 37.7. The minimum Gasteiger partial charge on any atom is -0.454 e. The van der Waals surface area contributed by atoms with Crippen LogP contribution >= 0.6 is 0 Å². The molecule has 1 aliphatic carbocycles. The number of rotatable bonds is 15. The van der Waals surface area contributed by atoms with E-state index in [9.17, 15) is 14.4 Å². The fourth-order valence-corrected chi connectivity index (χ4v) is 5.26. The zero-order chi connectivity index (χ0) is 31.5. The molecular weight excluding hydrogens is 530 g/mol. The lowest BCUT2D eigenvalue weighted by molar-refractivity contribution is -0.129. The van der Waals surface area contributed by atoms with E-state index in [0.29, 0.717) is 49.9 Å². The minimum atomic E-state index is -0.159. The van der Waals surface area contributed by atoms with E-state index >= 15 is 0 Å². The Morgan fingerprint density at radius 2 is 1.69 bits per heavy atom. The summed E-state index contributed by atoms with van der Waals surface area (Å²) in [5, 5.41) is 0. The zero-order valence-corrected chi connectivity index (χ0v) is 28.0. The first-order valence-electron chi connectivity index (χ1n) is 16.4. The van der Waals surface area contributed by atoms with Crippen LogP contribution in [0.1, 0.15) is 106 Å². The van der Waals surface area contributed by atoms with Crippen LogP contribution in [0.2, 0.25) is 0 Å². The molecule has 42 heavy (non-hydrogen) atoms. The smallest absolute Gasteiger partial charge is 0.326 e. The highest BCUT2D eigenvalue weighted by Gasteiger charge is 2.30. The van der Waals surface area contributed by atoms with E-state index < -0.39 is 0 Å². The topological polar surface area (TPSA) is 79.4 Å². The predicted molar refractivity (Wildman–Crippen MR) is 171 cm³/mol. The van der Waals surface area contributed by atoms with Crippen LogP contribution in [0.5, 0.6) is 0 Å². The van der Waals surface area contributed by atoms with Gasteiger partial charge in [-0.05, 0) is 88.1 Å². The quantitative estimate of drug-likeness (QED) is 0.187. The molecule has 0 bridgehead atoms. The summed E-state index contributed by atoms with van der Waals surface area (Å²) >= 11 is 0. The third-order valence-corrected chi connectivity index (χ3v) is 8.22. The second-order valence-corrected chi connectivity index (χ2v) is 12.5. The predicted octanol–water partition coefficient (Wildman–Crippen LogP) is 7.25. The number of imide groups is 1. The fourth-order valence-electron chi connectivity index (χ4n) is 5.26. The van der Waals surface area contributed by atoms with Crippen LogP contribution in [0.25, 0.3) is 0 Å². The van der Waals surface area contributed by atoms with Gasteiger partial charge in [-0.1, -0.05) is 60.8 Å². The van der Waals surface area contributed by atoms with Crippen LogP contribution in [0.3, 0.4) is 0 Å². The molecule has 0 spiro atoms. The molecular formula is C34H61N3O5. The van der Waals surface area contributed by atoms with Gasteiger partial charge in [0.05, 0.1) is 0 Å². The number of carbonyl (C=O) groups excluding carboxylic acids is 3. The lowest BCUT2D eigenvalue weighted by Gasteiger charge is -2.33. The first-order valence-corrected chi connectivity index (χ1v) is 16.4. The molecule has 0 N–H and O–H groups in total. The number of carbonyl (C=O) groups is 3. The number of aldehydes is 1. The number of nitrogens with zero attached hydrogens (tertiary/aromatic N) is 3. The lowest BCUT2D eigenvalue weighted by atomic mass is 9.79. The second kappa shape index (κ2) is 21.4. The molecule has 3 amide bonds. The van der Waals surface area contributed by atoms with E-state index in [2.05, 4.69) is 51.8 Å². The number of unbranched alkanes of at least 4 members (excludes halogenated alkanes) is 2. The molecule has 8 heteroatoms. The van der Waals surface area contributed by atoms with Crippen molar-refractivity contribution in [2.24, 2.45) is 23.7 Å². The third-order valence-electron chi connectivity index (χ3n) is 8.22. The number of amides is 3. The van der Waals surface area contributed by atoms with Gasteiger partial charge in [-0.25, -0.2) is 4.79 Å². The maximum Gasteiger partial charge on any atom is 0.326 e. The standard InChI is InChI=1S/C20H30N2O4.C9H21N.C5H10O/c1-4-15(16-5-6-17-18(12-16)26-13-25-17)11-14(2)7-9-22-10-8-19(23)21(3)20(22)24;1-4-6-8-10(3)9-7-5-2;1-5(2)3-4-6/h6,12,14-16H,4-5,7-11,13H2,1-3H3;4-9H2,1-3H3;4-5H,3H2,1-2H3. The van der Waals surface area contributed by atoms with E-state index in [1.54, 1.807) is 11.9 Å².